The standard InChI is InChI=1S/C8H15NO/c1-6-4-7(5-6)2-3-8(9)10/h6-7H,2-5H2,1H3,(H2,9,10)/t6-,7-. The molecule has 2 nitrogen and oxygen atoms in total. The fourth-order valence-electron chi connectivity index (χ4n) is 1.65. The van der Waals surface area contributed by atoms with Gasteiger partial charge in [-0.15, -0.1) is 0 Å². The van der Waals surface area contributed by atoms with Crippen LogP contribution in [0.4, 0.5) is 0 Å². The van der Waals surface area contributed by atoms with Crippen LogP contribution in [0.3, 0.4) is 0 Å². The molecule has 10 heavy (non-hydrogen) atoms. The van der Waals surface area contributed by atoms with Crippen LogP contribution in [-0.4, -0.2) is 5.91 Å². The Labute approximate surface area is 61.8 Å². The highest BCUT2D eigenvalue weighted by molar-refractivity contribution is 5.73. The van der Waals surface area contributed by atoms with Gasteiger partial charge in [-0.05, 0) is 31.1 Å². The van der Waals surface area contributed by atoms with Gasteiger partial charge in [-0.25, -0.2) is 0 Å². The SMILES string of the molecule is C[C@H]1C[C@H](CCC(N)=O)C1. The van der Waals surface area contributed by atoms with Crippen molar-refractivity contribution < 1.29 is 4.79 Å². The van der Waals surface area contributed by atoms with E-state index in [2.05, 4.69) is 6.92 Å². The Bertz CT molecular complexity index is 127. The lowest BCUT2D eigenvalue weighted by molar-refractivity contribution is -0.118. The van der Waals surface area contributed by atoms with Crippen LogP contribution in [-0.2, 0) is 4.79 Å². The minimum Gasteiger partial charge on any atom is -0.370 e. The van der Waals surface area contributed by atoms with Crippen molar-refractivity contribution in [1.82, 2.24) is 0 Å². The van der Waals surface area contributed by atoms with E-state index in [0.717, 1.165) is 18.3 Å². The van der Waals surface area contributed by atoms with Crippen LogP contribution in [0, 0.1) is 11.8 Å². The number of nitrogens with two attached hydrogens (primary N) is 1. The van der Waals surface area contributed by atoms with E-state index in [1.807, 2.05) is 0 Å². The lowest BCUT2D eigenvalue weighted by Gasteiger charge is -2.32. The second-order valence-electron chi connectivity index (χ2n) is 3.45. The van der Waals surface area contributed by atoms with Crippen molar-refractivity contribution in [2.75, 3.05) is 0 Å². The molecule has 58 valence electrons. The summed E-state index contributed by atoms with van der Waals surface area (Å²) in [6.45, 7) is 2.25. The molecule has 0 saturated heterocycles. The third kappa shape index (κ3) is 2.01. The van der Waals surface area contributed by atoms with E-state index >= 15 is 0 Å². The first-order valence-corrected chi connectivity index (χ1v) is 3.96. The van der Waals surface area contributed by atoms with Crippen LogP contribution in [0.5, 0.6) is 0 Å². The lowest BCUT2D eigenvalue weighted by Crippen LogP contribution is -2.23. The highest BCUT2D eigenvalue weighted by atomic mass is 16.1. The summed E-state index contributed by atoms with van der Waals surface area (Å²) in [6.07, 6.45) is 4.19. The van der Waals surface area contributed by atoms with E-state index in [0.29, 0.717) is 6.42 Å². The highest BCUT2D eigenvalue weighted by Crippen LogP contribution is 2.35. The third-order valence-corrected chi connectivity index (χ3v) is 2.27. The van der Waals surface area contributed by atoms with Crippen molar-refractivity contribution in [1.29, 1.82) is 0 Å². The van der Waals surface area contributed by atoms with Gasteiger partial charge in [0.1, 0.15) is 0 Å². The van der Waals surface area contributed by atoms with Gasteiger partial charge in [0.05, 0.1) is 0 Å². The van der Waals surface area contributed by atoms with Crippen LogP contribution in [0.2, 0.25) is 0 Å². The number of carbonyl (C=O) groups excluding carboxylic acids is 1. The topological polar surface area (TPSA) is 43.1 Å². The summed E-state index contributed by atoms with van der Waals surface area (Å²) >= 11 is 0. The van der Waals surface area contributed by atoms with Gasteiger partial charge in [0.15, 0.2) is 0 Å². The van der Waals surface area contributed by atoms with Gasteiger partial charge in [-0.1, -0.05) is 6.92 Å². The number of rotatable bonds is 3. The molecule has 1 aliphatic rings. The van der Waals surface area contributed by atoms with Gasteiger partial charge in [-0.3, -0.25) is 4.79 Å². The van der Waals surface area contributed by atoms with Crippen molar-refractivity contribution in [2.45, 2.75) is 32.6 Å². The monoisotopic (exact) mass is 141 g/mol. The van der Waals surface area contributed by atoms with Crippen LogP contribution in [0.15, 0.2) is 0 Å². The third-order valence-electron chi connectivity index (χ3n) is 2.27. The molecule has 0 radical (unpaired) electrons. The molecule has 1 aliphatic carbocycles. The smallest absolute Gasteiger partial charge is 0.217 e. The average Bonchev–Trinajstić information content (AvgIpc) is 1.77. The molecule has 1 saturated carbocycles. The predicted octanol–water partition coefficient (Wildman–Crippen LogP) is 1.30. The Morgan fingerprint density at radius 2 is 2.20 bits per heavy atom. The van der Waals surface area contributed by atoms with Gasteiger partial charge in [-0.2, -0.15) is 0 Å². The molecule has 0 aromatic carbocycles. The summed E-state index contributed by atoms with van der Waals surface area (Å²) < 4.78 is 0. The minimum absolute atomic E-state index is 0.153. The predicted molar refractivity (Wildman–Crippen MR) is 40.3 cm³/mol. The van der Waals surface area contributed by atoms with Gasteiger partial charge >= 0.3 is 0 Å². The molecule has 0 atom stereocenters. The fraction of sp³-hybridized carbons (Fsp3) is 0.875. The van der Waals surface area contributed by atoms with Crippen molar-refractivity contribution in [3.8, 4) is 0 Å². The Morgan fingerprint density at radius 1 is 1.60 bits per heavy atom. The van der Waals surface area contributed by atoms with E-state index in [1.54, 1.807) is 0 Å². The fourth-order valence-corrected chi connectivity index (χ4v) is 1.65. The molecule has 1 amide bonds. The summed E-state index contributed by atoms with van der Waals surface area (Å²) in [4.78, 5) is 10.3. The Kier molecular flexibility index (Phi) is 2.30. The van der Waals surface area contributed by atoms with E-state index in [-0.39, 0.29) is 5.91 Å². The second kappa shape index (κ2) is 3.04. The summed E-state index contributed by atoms with van der Waals surface area (Å²) in [6, 6.07) is 0. The van der Waals surface area contributed by atoms with Crippen molar-refractivity contribution in [2.24, 2.45) is 17.6 Å². The Hall–Kier alpha value is -0.530. The Morgan fingerprint density at radius 3 is 2.60 bits per heavy atom. The molecule has 0 aromatic rings. The summed E-state index contributed by atoms with van der Waals surface area (Å²) in [5, 5.41) is 0. The number of primary amides is 1. The molecule has 0 aliphatic heterocycles. The number of hydrogen-bond acceptors (Lipinski definition) is 1. The molecule has 2 heteroatoms. The molecule has 1 rings (SSSR count). The van der Waals surface area contributed by atoms with Crippen molar-refractivity contribution in [3.05, 3.63) is 0 Å². The van der Waals surface area contributed by atoms with E-state index in [1.165, 1.54) is 12.8 Å². The first-order valence-electron chi connectivity index (χ1n) is 3.96. The summed E-state index contributed by atoms with van der Waals surface area (Å²) in [7, 11) is 0. The zero-order chi connectivity index (χ0) is 7.56. The van der Waals surface area contributed by atoms with Crippen LogP contribution < -0.4 is 5.73 Å². The Balaban J connectivity index is 2.00. The quantitative estimate of drug-likeness (QED) is 0.632. The second-order valence-corrected chi connectivity index (χ2v) is 3.45. The van der Waals surface area contributed by atoms with E-state index in [9.17, 15) is 4.79 Å². The van der Waals surface area contributed by atoms with Crippen LogP contribution >= 0.6 is 0 Å². The number of carbonyl (C=O) groups is 1. The molecule has 0 spiro atoms. The molecule has 1 fully saturated rings. The molecule has 0 heterocycles. The molecule has 0 aromatic heterocycles. The van der Waals surface area contributed by atoms with Gasteiger partial charge < -0.3 is 5.73 Å². The zero-order valence-corrected chi connectivity index (χ0v) is 6.47. The molecular weight excluding hydrogens is 126 g/mol. The highest BCUT2D eigenvalue weighted by Gasteiger charge is 2.24. The van der Waals surface area contributed by atoms with Crippen molar-refractivity contribution >= 4 is 5.91 Å². The molecule has 0 bridgehead atoms. The summed E-state index contributed by atoms with van der Waals surface area (Å²) in [5.41, 5.74) is 5.02. The maximum absolute atomic E-state index is 10.3. The molecule has 0 unspecified atom stereocenters. The lowest BCUT2D eigenvalue weighted by atomic mass is 9.74. The maximum atomic E-state index is 10.3. The molecular formula is C8H15NO. The van der Waals surface area contributed by atoms with Crippen molar-refractivity contribution in [3.63, 3.8) is 0 Å². The van der Waals surface area contributed by atoms with Crippen LogP contribution in [0.25, 0.3) is 0 Å². The van der Waals surface area contributed by atoms with Gasteiger partial charge in [0.25, 0.3) is 0 Å². The summed E-state index contributed by atoms with van der Waals surface area (Å²) in [5.74, 6) is 1.53. The minimum atomic E-state index is -0.153. The first-order chi connectivity index (χ1) is 4.68. The van der Waals surface area contributed by atoms with Crippen LogP contribution in [0.1, 0.15) is 32.6 Å². The van der Waals surface area contributed by atoms with Gasteiger partial charge in [0.2, 0.25) is 5.91 Å². The van der Waals surface area contributed by atoms with E-state index < -0.39 is 0 Å². The van der Waals surface area contributed by atoms with Gasteiger partial charge in [0, 0.05) is 6.42 Å². The average molecular weight is 141 g/mol. The first kappa shape index (κ1) is 7.58. The normalized spacial score (nSPS) is 31.3. The zero-order valence-electron chi connectivity index (χ0n) is 6.47. The van der Waals surface area contributed by atoms with E-state index in [4.69, 9.17) is 5.73 Å². The maximum Gasteiger partial charge on any atom is 0.217 e. The molecule has 2 N–H and O–H groups in total. The number of hydrogen-bond donors (Lipinski definition) is 1. The largest absolute Gasteiger partial charge is 0.370 e. The number of amides is 1.